The molecule has 1 atom stereocenters. The molecule has 1 saturated heterocycles. The van der Waals surface area contributed by atoms with Crippen LogP contribution in [0.15, 0.2) is 30.3 Å². The number of ether oxygens (including phenoxy) is 1. The maximum atomic E-state index is 12.2. The van der Waals surface area contributed by atoms with Crippen molar-refractivity contribution in [2.24, 2.45) is 11.3 Å². The van der Waals surface area contributed by atoms with E-state index in [4.69, 9.17) is 4.74 Å². The van der Waals surface area contributed by atoms with E-state index in [0.717, 1.165) is 38.0 Å². The fraction of sp³-hybridized carbons (Fsp3) is 0.579. The van der Waals surface area contributed by atoms with Gasteiger partial charge in [0.25, 0.3) is 0 Å². The van der Waals surface area contributed by atoms with E-state index >= 15 is 0 Å². The first-order chi connectivity index (χ1) is 11.6. The Hall–Kier alpha value is -1.88. The third kappa shape index (κ3) is 3.96. The van der Waals surface area contributed by atoms with E-state index in [2.05, 4.69) is 5.32 Å². The Morgan fingerprint density at radius 1 is 1.25 bits per heavy atom. The molecule has 2 fully saturated rings. The highest BCUT2D eigenvalue weighted by molar-refractivity contribution is 5.83. The summed E-state index contributed by atoms with van der Waals surface area (Å²) in [5, 5.41) is 2.94. The summed E-state index contributed by atoms with van der Waals surface area (Å²) in [5.74, 6) is 0.282. The van der Waals surface area contributed by atoms with Crippen molar-refractivity contribution >= 4 is 11.8 Å². The molecule has 24 heavy (non-hydrogen) atoms. The van der Waals surface area contributed by atoms with Crippen molar-refractivity contribution in [2.45, 2.75) is 32.2 Å². The van der Waals surface area contributed by atoms with Crippen LogP contribution < -0.4 is 5.32 Å². The summed E-state index contributed by atoms with van der Waals surface area (Å²) in [4.78, 5) is 26.1. The third-order valence-corrected chi connectivity index (χ3v) is 5.32. The minimum Gasteiger partial charge on any atom is -0.381 e. The van der Waals surface area contributed by atoms with Crippen LogP contribution in [0.25, 0.3) is 0 Å². The molecule has 5 nitrogen and oxygen atoms in total. The summed E-state index contributed by atoms with van der Waals surface area (Å²) in [6.45, 7) is 2.55. The van der Waals surface area contributed by atoms with Crippen molar-refractivity contribution in [1.82, 2.24) is 10.2 Å². The number of benzene rings is 1. The molecular weight excluding hydrogens is 304 g/mol. The van der Waals surface area contributed by atoms with Gasteiger partial charge in [-0.25, -0.2) is 0 Å². The Kier molecular flexibility index (Phi) is 5.19. The fourth-order valence-corrected chi connectivity index (χ4v) is 3.60. The van der Waals surface area contributed by atoms with Gasteiger partial charge in [-0.2, -0.15) is 0 Å². The molecule has 1 saturated carbocycles. The van der Waals surface area contributed by atoms with Gasteiger partial charge in [-0.3, -0.25) is 9.59 Å². The van der Waals surface area contributed by atoms with Crippen molar-refractivity contribution in [3.63, 3.8) is 0 Å². The first-order valence-electron chi connectivity index (χ1n) is 8.74. The zero-order valence-corrected chi connectivity index (χ0v) is 14.3. The van der Waals surface area contributed by atoms with Crippen molar-refractivity contribution in [1.29, 1.82) is 0 Å². The van der Waals surface area contributed by atoms with Crippen LogP contribution in [0.2, 0.25) is 0 Å². The van der Waals surface area contributed by atoms with Crippen molar-refractivity contribution in [2.75, 3.05) is 26.8 Å². The third-order valence-electron chi connectivity index (χ3n) is 5.32. The van der Waals surface area contributed by atoms with E-state index in [-0.39, 0.29) is 23.1 Å². The molecular formula is C19H26N2O3. The Balaban J connectivity index is 1.37. The lowest BCUT2D eigenvalue weighted by atomic mass is 9.93. The predicted octanol–water partition coefficient (Wildman–Crippen LogP) is 1.97. The van der Waals surface area contributed by atoms with Gasteiger partial charge in [0.1, 0.15) is 0 Å². The van der Waals surface area contributed by atoms with Crippen LogP contribution in [0.1, 0.15) is 31.2 Å². The monoisotopic (exact) mass is 330 g/mol. The summed E-state index contributed by atoms with van der Waals surface area (Å²) >= 11 is 0. The normalized spacial score (nSPS) is 21.3. The van der Waals surface area contributed by atoms with Gasteiger partial charge < -0.3 is 15.0 Å². The topological polar surface area (TPSA) is 58.6 Å². The zero-order valence-electron chi connectivity index (χ0n) is 14.3. The van der Waals surface area contributed by atoms with Gasteiger partial charge in [0, 0.05) is 45.7 Å². The van der Waals surface area contributed by atoms with Gasteiger partial charge in [0.05, 0.1) is 0 Å². The summed E-state index contributed by atoms with van der Waals surface area (Å²) in [6, 6.07) is 9.91. The molecule has 130 valence electrons. The number of amides is 2. The van der Waals surface area contributed by atoms with E-state index in [1.165, 1.54) is 0 Å². The van der Waals surface area contributed by atoms with Crippen LogP contribution in [0.3, 0.4) is 0 Å². The highest BCUT2D eigenvalue weighted by atomic mass is 16.5. The predicted molar refractivity (Wildman–Crippen MR) is 91.1 cm³/mol. The van der Waals surface area contributed by atoms with Crippen LogP contribution in [-0.4, -0.2) is 43.5 Å². The first kappa shape index (κ1) is 17.0. The van der Waals surface area contributed by atoms with E-state index in [9.17, 15) is 9.59 Å². The van der Waals surface area contributed by atoms with Crippen molar-refractivity contribution in [3.8, 4) is 0 Å². The standard InChI is InChI=1S/C19H26N2O3/c1-21(14-15-5-3-2-4-6-15)17(22)7-10-20-18(23)16-13-19(16)8-11-24-12-9-19/h2-6,16H,7-14H2,1H3,(H,20,23)/t16-/m0/s1. The van der Waals surface area contributed by atoms with E-state index in [1.54, 1.807) is 11.9 Å². The second kappa shape index (κ2) is 7.34. The lowest BCUT2D eigenvalue weighted by Gasteiger charge is -2.22. The van der Waals surface area contributed by atoms with Gasteiger partial charge in [0.2, 0.25) is 11.8 Å². The number of nitrogens with zero attached hydrogens (tertiary/aromatic N) is 1. The summed E-state index contributed by atoms with van der Waals surface area (Å²) in [5.41, 5.74) is 1.30. The fourth-order valence-electron chi connectivity index (χ4n) is 3.60. The van der Waals surface area contributed by atoms with Crippen LogP contribution in [0.4, 0.5) is 0 Å². The van der Waals surface area contributed by atoms with E-state index < -0.39 is 0 Å². The lowest BCUT2D eigenvalue weighted by Crippen LogP contribution is -2.34. The molecule has 0 unspecified atom stereocenters. The van der Waals surface area contributed by atoms with Crippen molar-refractivity contribution < 1.29 is 14.3 Å². The van der Waals surface area contributed by atoms with Gasteiger partial charge in [0.15, 0.2) is 0 Å². The second-order valence-electron chi connectivity index (χ2n) is 7.01. The van der Waals surface area contributed by atoms with Crippen molar-refractivity contribution in [3.05, 3.63) is 35.9 Å². The SMILES string of the molecule is CN(Cc1ccccc1)C(=O)CCNC(=O)[C@@H]1CC12CCOCC2. The maximum absolute atomic E-state index is 12.2. The number of carbonyl (C=O) groups is 2. The van der Waals surface area contributed by atoms with Crippen LogP contribution in [0, 0.1) is 11.3 Å². The molecule has 1 aromatic carbocycles. The molecule has 1 heterocycles. The highest BCUT2D eigenvalue weighted by Gasteiger charge is 2.57. The smallest absolute Gasteiger partial charge is 0.224 e. The molecule has 1 N–H and O–H groups in total. The van der Waals surface area contributed by atoms with Gasteiger partial charge in [-0.15, -0.1) is 0 Å². The van der Waals surface area contributed by atoms with Gasteiger partial charge in [-0.1, -0.05) is 30.3 Å². The van der Waals surface area contributed by atoms with Crippen LogP contribution in [0.5, 0.6) is 0 Å². The first-order valence-corrected chi connectivity index (χ1v) is 8.74. The largest absolute Gasteiger partial charge is 0.381 e. The minimum atomic E-state index is 0.0516. The highest BCUT2D eigenvalue weighted by Crippen LogP contribution is 2.59. The van der Waals surface area contributed by atoms with Gasteiger partial charge >= 0.3 is 0 Å². The average Bonchev–Trinajstić information content (AvgIpc) is 3.29. The van der Waals surface area contributed by atoms with E-state index in [0.29, 0.717) is 19.5 Å². The molecule has 1 aliphatic heterocycles. The molecule has 0 bridgehead atoms. The molecule has 5 heteroatoms. The molecule has 2 aliphatic rings. The molecule has 2 amide bonds. The number of nitrogens with one attached hydrogen (secondary N) is 1. The molecule has 1 spiro atoms. The molecule has 1 aliphatic carbocycles. The maximum Gasteiger partial charge on any atom is 0.224 e. The van der Waals surface area contributed by atoms with Crippen LogP contribution >= 0.6 is 0 Å². The second-order valence-corrected chi connectivity index (χ2v) is 7.01. The molecule has 0 radical (unpaired) electrons. The quantitative estimate of drug-likeness (QED) is 0.867. The number of hydrogen-bond donors (Lipinski definition) is 1. The number of hydrogen-bond acceptors (Lipinski definition) is 3. The zero-order chi connectivity index (χ0) is 17.0. The summed E-state index contributed by atoms with van der Waals surface area (Å²) in [6.07, 6.45) is 3.30. The summed E-state index contributed by atoms with van der Waals surface area (Å²) in [7, 11) is 1.80. The Bertz CT molecular complexity index is 582. The molecule has 0 aromatic heterocycles. The Morgan fingerprint density at radius 3 is 2.67 bits per heavy atom. The minimum absolute atomic E-state index is 0.0516. The molecule has 1 aromatic rings. The average molecular weight is 330 g/mol. The van der Waals surface area contributed by atoms with E-state index in [1.807, 2.05) is 30.3 Å². The molecule has 3 rings (SSSR count). The number of rotatable bonds is 6. The Labute approximate surface area is 143 Å². The Morgan fingerprint density at radius 2 is 1.96 bits per heavy atom. The van der Waals surface area contributed by atoms with Crippen LogP contribution in [-0.2, 0) is 20.9 Å². The lowest BCUT2D eigenvalue weighted by molar-refractivity contribution is -0.130. The number of carbonyl (C=O) groups excluding carboxylic acids is 2. The summed E-state index contributed by atoms with van der Waals surface area (Å²) < 4.78 is 5.38. The van der Waals surface area contributed by atoms with Gasteiger partial charge in [-0.05, 0) is 30.2 Å².